The van der Waals surface area contributed by atoms with Gasteiger partial charge in [0.25, 0.3) is 0 Å². The van der Waals surface area contributed by atoms with Gasteiger partial charge >= 0.3 is 0 Å². The van der Waals surface area contributed by atoms with E-state index < -0.39 is 12.1 Å². The molecule has 3 unspecified atom stereocenters. The molecule has 3 atom stereocenters. The number of aliphatic hydroxyl groups excluding tert-OH is 2. The van der Waals surface area contributed by atoms with E-state index in [0.29, 0.717) is 6.42 Å². The van der Waals surface area contributed by atoms with Crippen LogP contribution in [0.3, 0.4) is 0 Å². The van der Waals surface area contributed by atoms with Crippen LogP contribution in [0.2, 0.25) is 0 Å². The molecule has 0 aliphatic carbocycles. The lowest BCUT2D eigenvalue weighted by molar-refractivity contribution is -0.123. The fourth-order valence-electron chi connectivity index (χ4n) is 4.86. The Morgan fingerprint density at radius 2 is 1.22 bits per heavy atom. The number of carbonyl (C=O) groups excluding carboxylic acids is 1. The van der Waals surface area contributed by atoms with Crippen LogP contribution in [0, 0.1) is 5.92 Å². The molecule has 0 saturated heterocycles. The second kappa shape index (κ2) is 28.1. The van der Waals surface area contributed by atoms with Crippen molar-refractivity contribution >= 4 is 5.91 Å². The summed E-state index contributed by atoms with van der Waals surface area (Å²) in [6.07, 6.45) is 31.3. The molecule has 0 rings (SSSR count). The van der Waals surface area contributed by atoms with Gasteiger partial charge in [-0.05, 0) is 25.2 Å². The maximum Gasteiger partial charge on any atom is 0.220 e. The molecule has 0 aromatic heterocycles. The van der Waals surface area contributed by atoms with Gasteiger partial charge in [0.2, 0.25) is 5.91 Å². The summed E-state index contributed by atoms with van der Waals surface area (Å²) in [5.41, 5.74) is 0. The molecule has 0 saturated carbocycles. The summed E-state index contributed by atoms with van der Waals surface area (Å²) in [4.78, 5) is 12.2. The van der Waals surface area contributed by atoms with Crippen LogP contribution in [0.5, 0.6) is 0 Å². The summed E-state index contributed by atoms with van der Waals surface area (Å²) in [6, 6.07) is -0.615. The summed E-state index contributed by atoms with van der Waals surface area (Å²) < 4.78 is 0. The molecule has 220 valence electrons. The van der Waals surface area contributed by atoms with Crippen molar-refractivity contribution in [3.63, 3.8) is 0 Å². The topological polar surface area (TPSA) is 69.6 Å². The molecule has 1 amide bonds. The first-order valence-corrected chi connectivity index (χ1v) is 16.3. The van der Waals surface area contributed by atoms with Crippen LogP contribution >= 0.6 is 0 Å². The first-order valence-electron chi connectivity index (χ1n) is 16.3. The van der Waals surface area contributed by atoms with Gasteiger partial charge in [-0.1, -0.05) is 155 Å². The molecule has 0 fully saturated rings. The lowest BCUT2D eigenvalue weighted by atomic mass is 10.00. The van der Waals surface area contributed by atoms with E-state index in [4.69, 9.17) is 0 Å². The number of nitrogens with one attached hydrogen (secondary N) is 1. The third-order valence-electron chi connectivity index (χ3n) is 7.81. The quantitative estimate of drug-likeness (QED) is 0.0707. The van der Waals surface area contributed by atoms with Crippen molar-refractivity contribution in [3.05, 3.63) is 12.2 Å². The van der Waals surface area contributed by atoms with Crippen molar-refractivity contribution in [3.8, 4) is 0 Å². The average molecular weight is 524 g/mol. The van der Waals surface area contributed by atoms with E-state index in [1.807, 2.05) is 6.08 Å². The predicted molar refractivity (Wildman–Crippen MR) is 161 cm³/mol. The van der Waals surface area contributed by atoms with Crippen molar-refractivity contribution in [2.45, 2.75) is 181 Å². The number of aliphatic hydroxyl groups is 2. The Balaban J connectivity index is 3.67. The molecule has 4 nitrogen and oxygen atoms in total. The van der Waals surface area contributed by atoms with Crippen molar-refractivity contribution < 1.29 is 15.0 Å². The Morgan fingerprint density at radius 3 is 1.73 bits per heavy atom. The average Bonchev–Trinajstić information content (AvgIpc) is 2.90. The number of rotatable bonds is 28. The van der Waals surface area contributed by atoms with Gasteiger partial charge in [-0.3, -0.25) is 4.79 Å². The van der Waals surface area contributed by atoms with Gasteiger partial charge in [0.1, 0.15) is 0 Å². The van der Waals surface area contributed by atoms with E-state index in [2.05, 4.69) is 26.1 Å². The highest BCUT2D eigenvalue weighted by Crippen LogP contribution is 2.15. The molecule has 0 radical (unpaired) electrons. The molecule has 0 spiro atoms. The monoisotopic (exact) mass is 523 g/mol. The lowest BCUT2D eigenvalue weighted by Gasteiger charge is -2.20. The summed E-state index contributed by atoms with van der Waals surface area (Å²) >= 11 is 0. The van der Waals surface area contributed by atoms with Crippen molar-refractivity contribution in [2.75, 3.05) is 6.61 Å². The summed E-state index contributed by atoms with van der Waals surface area (Å²) in [6.45, 7) is 6.63. The van der Waals surface area contributed by atoms with Gasteiger partial charge in [0.05, 0.1) is 18.8 Å². The van der Waals surface area contributed by atoms with Gasteiger partial charge in [0.15, 0.2) is 0 Å². The second-order valence-corrected chi connectivity index (χ2v) is 11.5. The van der Waals surface area contributed by atoms with Crippen LogP contribution < -0.4 is 5.32 Å². The lowest BCUT2D eigenvalue weighted by Crippen LogP contribution is -2.45. The summed E-state index contributed by atoms with van der Waals surface area (Å²) in [7, 11) is 0. The number of allylic oxidation sites excluding steroid dienone is 1. The zero-order valence-corrected chi connectivity index (χ0v) is 25.2. The molecule has 0 aromatic rings. The minimum absolute atomic E-state index is 0.0668. The van der Waals surface area contributed by atoms with Crippen molar-refractivity contribution in [1.29, 1.82) is 0 Å². The van der Waals surface area contributed by atoms with E-state index in [1.165, 1.54) is 116 Å². The second-order valence-electron chi connectivity index (χ2n) is 11.5. The third kappa shape index (κ3) is 25.2. The van der Waals surface area contributed by atoms with Crippen LogP contribution in [0.15, 0.2) is 12.2 Å². The maximum absolute atomic E-state index is 12.2. The molecule has 0 aliphatic rings. The molecular weight excluding hydrogens is 458 g/mol. The molecule has 37 heavy (non-hydrogen) atoms. The van der Waals surface area contributed by atoms with Crippen LogP contribution in [-0.2, 0) is 4.79 Å². The van der Waals surface area contributed by atoms with Gasteiger partial charge in [0, 0.05) is 6.42 Å². The predicted octanol–water partition coefficient (Wildman–Crippen LogP) is 9.03. The minimum Gasteiger partial charge on any atom is -0.394 e. The highest BCUT2D eigenvalue weighted by atomic mass is 16.3. The zero-order valence-electron chi connectivity index (χ0n) is 25.2. The van der Waals surface area contributed by atoms with Crippen LogP contribution in [0.25, 0.3) is 0 Å². The Morgan fingerprint density at radius 1 is 0.730 bits per heavy atom. The van der Waals surface area contributed by atoms with E-state index in [0.717, 1.165) is 31.6 Å². The van der Waals surface area contributed by atoms with E-state index >= 15 is 0 Å². The first-order chi connectivity index (χ1) is 18.0. The normalized spacial score (nSPS) is 14.2. The first kappa shape index (κ1) is 36.1. The number of amides is 1. The molecule has 0 bridgehead atoms. The number of unbranched alkanes of at least 4 members (excludes halogenated alkanes) is 18. The fourth-order valence-corrected chi connectivity index (χ4v) is 4.86. The summed E-state index contributed by atoms with van der Waals surface area (Å²) in [5.74, 6) is 0.797. The van der Waals surface area contributed by atoms with E-state index in [9.17, 15) is 15.0 Å². The van der Waals surface area contributed by atoms with Gasteiger partial charge < -0.3 is 15.5 Å². The SMILES string of the molecule is CCCCCCCCCCCCCCCC(=O)NC(CO)C(O)C=CCCCCCCCCC(C)CC. The van der Waals surface area contributed by atoms with Crippen LogP contribution in [-0.4, -0.2) is 34.9 Å². The van der Waals surface area contributed by atoms with Crippen molar-refractivity contribution in [1.82, 2.24) is 5.32 Å². The molecule has 4 heteroatoms. The standard InChI is InChI=1S/C33H65NO3/c1-4-6-7-8-9-10-11-12-13-14-19-22-25-28-33(37)34-31(29-35)32(36)27-24-21-18-16-15-17-20-23-26-30(3)5-2/h24,27,30-32,35-36H,4-23,25-26,28-29H2,1-3H3,(H,34,37). The van der Waals surface area contributed by atoms with E-state index in [1.54, 1.807) is 6.08 Å². The molecular formula is C33H65NO3. The molecule has 0 heterocycles. The van der Waals surface area contributed by atoms with E-state index in [-0.39, 0.29) is 12.5 Å². The van der Waals surface area contributed by atoms with Gasteiger partial charge in [-0.2, -0.15) is 0 Å². The minimum atomic E-state index is -0.832. The fraction of sp³-hybridized carbons (Fsp3) is 0.909. The number of hydrogen-bond acceptors (Lipinski definition) is 3. The van der Waals surface area contributed by atoms with Crippen molar-refractivity contribution in [2.24, 2.45) is 5.92 Å². The Bertz CT molecular complexity index is 508. The smallest absolute Gasteiger partial charge is 0.220 e. The number of carbonyl (C=O) groups is 1. The Hall–Kier alpha value is -0.870. The molecule has 0 aromatic carbocycles. The highest BCUT2D eigenvalue weighted by molar-refractivity contribution is 5.76. The largest absolute Gasteiger partial charge is 0.394 e. The van der Waals surface area contributed by atoms with Crippen LogP contribution in [0.4, 0.5) is 0 Å². The molecule has 0 aliphatic heterocycles. The molecule has 3 N–H and O–H groups in total. The Labute approximate surface area is 231 Å². The maximum atomic E-state index is 12.2. The summed E-state index contributed by atoms with van der Waals surface area (Å²) in [5, 5.41) is 22.8. The highest BCUT2D eigenvalue weighted by Gasteiger charge is 2.17. The zero-order chi connectivity index (χ0) is 27.4. The third-order valence-corrected chi connectivity index (χ3v) is 7.81. The Kier molecular flexibility index (Phi) is 27.5. The van der Waals surface area contributed by atoms with Crippen LogP contribution in [0.1, 0.15) is 168 Å². The van der Waals surface area contributed by atoms with Gasteiger partial charge in [-0.15, -0.1) is 0 Å². The van der Waals surface area contributed by atoms with Gasteiger partial charge in [-0.25, -0.2) is 0 Å². The number of hydrogen-bond donors (Lipinski definition) is 3.